The second-order valence-electron chi connectivity index (χ2n) is 7.06. The van der Waals surface area contributed by atoms with E-state index in [1.807, 2.05) is 42.5 Å². The number of Topliss-reactive ketones (excluding diaryl/α,β-unsaturated/α-hetero) is 1. The van der Waals surface area contributed by atoms with Crippen LogP contribution in [-0.2, 0) is 0 Å². The molecule has 3 rings (SSSR count). The van der Waals surface area contributed by atoms with Crippen molar-refractivity contribution in [3.63, 3.8) is 0 Å². The van der Waals surface area contributed by atoms with Gasteiger partial charge in [-0.25, -0.2) is 0 Å². The molecule has 152 valence electrons. The number of carbonyl (C=O) groups is 1. The number of hydrogen-bond acceptors (Lipinski definition) is 1. The Morgan fingerprint density at radius 2 is 1.37 bits per heavy atom. The molecule has 1 nitrogen and oxygen atoms in total. The molecule has 0 bridgehead atoms. The first-order chi connectivity index (χ1) is 14.4. The largest absolute Gasteiger partial charge is 0.390 e. The second-order valence-corrected chi connectivity index (χ2v) is 7.06. The number of hydrogen-bond donors (Lipinski definition) is 0. The van der Waals surface area contributed by atoms with Gasteiger partial charge in [-0.2, -0.15) is 13.2 Å². The Bertz CT molecular complexity index is 1010. The van der Waals surface area contributed by atoms with Gasteiger partial charge in [0.25, 0.3) is 0 Å². The first kappa shape index (κ1) is 21.4. The van der Waals surface area contributed by atoms with Crippen LogP contribution in [0.1, 0.15) is 35.2 Å². The molecule has 0 N–H and O–H groups in total. The second kappa shape index (κ2) is 9.93. The van der Waals surface area contributed by atoms with E-state index >= 15 is 0 Å². The zero-order valence-corrected chi connectivity index (χ0v) is 16.3. The molecule has 3 aromatic carbocycles. The molecular weight excluding hydrogens is 385 g/mol. The topological polar surface area (TPSA) is 17.1 Å². The highest BCUT2D eigenvalue weighted by atomic mass is 19.4. The van der Waals surface area contributed by atoms with Crippen LogP contribution in [0.3, 0.4) is 0 Å². The first-order valence-electron chi connectivity index (χ1n) is 9.73. The summed E-state index contributed by atoms with van der Waals surface area (Å²) in [6.45, 7) is 0. The van der Waals surface area contributed by atoms with Gasteiger partial charge in [0.05, 0.1) is 6.42 Å². The minimum absolute atomic E-state index is 0.0341. The lowest BCUT2D eigenvalue weighted by atomic mass is 9.95. The summed E-state index contributed by atoms with van der Waals surface area (Å²) >= 11 is 0. The van der Waals surface area contributed by atoms with E-state index in [4.69, 9.17) is 0 Å². The van der Waals surface area contributed by atoms with Crippen LogP contribution in [0.4, 0.5) is 13.2 Å². The van der Waals surface area contributed by atoms with Crippen molar-refractivity contribution < 1.29 is 18.0 Å². The Morgan fingerprint density at radius 1 is 0.800 bits per heavy atom. The van der Waals surface area contributed by atoms with Crippen molar-refractivity contribution in [2.45, 2.75) is 25.4 Å². The van der Waals surface area contributed by atoms with Crippen LogP contribution in [0.5, 0.6) is 0 Å². The number of alkyl halides is 3. The Hall–Kier alpha value is -3.32. The van der Waals surface area contributed by atoms with Crippen LogP contribution >= 0.6 is 0 Å². The monoisotopic (exact) mass is 406 g/mol. The Morgan fingerprint density at radius 3 is 1.97 bits per heavy atom. The van der Waals surface area contributed by atoms with Crippen LogP contribution in [0.15, 0.2) is 84.9 Å². The average Bonchev–Trinajstić information content (AvgIpc) is 2.76. The predicted octanol–water partition coefficient (Wildman–Crippen LogP) is 6.94. The lowest BCUT2D eigenvalue weighted by molar-refractivity contribution is -0.140. The molecular formula is C26H21F3O. The normalized spacial score (nSPS) is 12.0. The molecule has 0 spiro atoms. The molecule has 1 atom stereocenters. The zero-order valence-electron chi connectivity index (χ0n) is 16.3. The SMILES string of the molecule is O=C(CCC(C#Cc1ccc(-c2ccccc2)cc1)CC(F)(F)F)c1ccccc1. The van der Waals surface area contributed by atoms with Crippen LogP contribution in [0.2, 0.25) is 0 Å². The maximum Gasteiger partial charge on any atom is 0.390 e. The highest BCUT2D eigenvalue weighted by Crippen LogP contribution is 2.27. The molecule has 30 heavy (non-hydrogen) atoms. The molecule has 0 aliphatic rings. The van der Waals surface area contributed by atoms with E-state index in [-0.39, 0.29) is 18.6 Å². The van der Waals surface area contributed by atoms with Crippen LogP contribution < -0.4 is 0 Å². The molecule has 0 amide bonds. The molecule has 0 aromatic heterocycles. The lowest BCUT2D eigenvalue weighted by Gasteiger charge is -2.13. The molecule has 0 saturated carbocycles. The summed E-state index contributed by atoms with van der Waals surface area (Å²) in [6, 6.07) is 25.8. The van der Waals surface area contributed by atoms with Gasteiger partial charge < -0.3 is 0 Å². The molecule has 1 unspecified atom stereocenters. The van der Waals surface area contributed by atoms with Gasteiger partial charge in [0.1, 0.15) is 0 Å². The summed E-state index contributed by atoms with van der Waals surface area (Å²) in [5.41, 5.74) is 3.23. The molecule has 3 aromatic rings. The Balaban J connectivity index is 1.69. The van der Waals surface area contributed by atoms with Crippen molar-refractivity contribution in [3.05, 3.63) is 96.1 Å². The fraction of sp³-hybridized carbons (Fsp3) is 0.192. The van der Waals surface area contributed by atoms with Gasteiger partial charge in [-0.1, -0.05) is 84.6 Å². The molecule has 0 radical (unpaired) electrons. The molecule has 0 aliphatic heterocycles. The number of benzene rings is 3. The quantitative estimate of drug-likeness (QED) is 0.320. The number of rotatable bonds is 6. The van der Waals surface area contributed by atoms with Gasteiger partial charge in [0.2, 0.25) is 0 Å². The summed E-state index contributed by atoms with van der Waals surface area (Å²) in [4.78, 5) is 12.2. The van der Waals surface area contributed by atoms with Gasteiger partial charge in [0.15, 0.2) is 5.78 Å². The van der Waals surface area contributed by atoms with E-state index < -0.39 is 18.5 Å². The zero-order chi connectivity index (χ0) is 21.4. The van der Waals surface area contributed by atoms with Crippen molar-refractivity contribution in [2.75, 3.05) is 0 Å². The van der Waals surface area contributed by atoms with E-state index in [2.05, 4.69) is 11.8 Å². The van der Waals surface area contributed by atoms with Crippen molar-refractivity contribution >= 4 is 5.78 Å². The smallest absolute Gasteiger partial charge is 0.294 e. The minimum Gasteiger partial charge on any atom is -0.294 e. The van der Waals surface area contributed by atoms with E-state index in [1.165, 1.54) is 0 Å². The van der Waals surface area contributed by atoms with Gasteiger partial charge in [-0.05, 0) is 29.7 Å². The average molecular weight is 406 g/mol. The van der Waals surface area contributed by atoms with E-state index in [0.717, 1.165) is 11.1 Å². The summed E-state index contributed by atoms with van der Waals surface area (Å²) in [5, 5.41) is 0. The molecule has 4 heteroatoms. The standard InChI is InChI=1S/C26H21F3O/c27-26(28,29)19-21(15-18-25(30)24-9-5-2-6-10-24)12-11-20-13-16-23(17-14-20)22-7-3-1-4-8-22/h1-10,13-14,16-17,21H,15,18-19H2. The van der Waals surface area contributed by atoms with E-state index in [9.17, 15) is 18.0 Å². The highest BCUT2D eigenvalue weighted by Gasteiger charge is 2.31. The summed E-state index contributed by atoms with van der Waals surface area (Å²) in [6.07, 6.45) is -5.24. The third kappa shape index (κ3) is 6.63. The number of ketones is 1. The summed E-state index contributed by atoms with van der Waals surface area (Å²) in [5.74, 6) is 4.49. The van der Waals surface area contributed by atoms with Crippen molar-refractivity contribution in [1.82, 2.24) is 0 Å². The van der Waals surface area contributed by atoms with E-state index in [0.29, 0.717) is 11.1 Å². The Labute approximate surface area is 174 Å². The predicted molar refractivity (Wildman–Crippen MR) is 113 cm³/mol. The summed E-state index contributed by atoms with van der Waals surface area (Å²) < 4.78 is 38.9. The van der Waals surface area contributed by atoms with Gasteiger partial charge in [0, 0.05) is 23.5 Å². The molecule has 0 heterocycles. The van der Waals surface area contributed by atoms with Crippen molar-refractivity contribution in [1.29, 1.82) is 0 Å². The highest BCUT2D eigenvalue weighted by molar-refractivity contribution is 5.95. The maximum atomic E-state index is 13.0. The van der Waals surface area contributed by atoms with Gasteiger partial charge in [-0.15, -0.1) is 0 Å². The minimum atomic E-state index is -4.33. The summed E-state index contributed by atoms with van der Waals surface area (Å²) in [7, 11) is 0. The third-order valence-corrected chi connectivity index (χ3v) is 4.71. The van der Waals surface area contributed by atoms with Gasteiger partial charge in [-0.3, -0.25) is 4.79 Å². The van der Waals surface area contributed by atoms with Crippen LogP contribution in [-0.4, -0.2) is 12.0 Å². The third-order valence-electron chi connectivity index (χ3n) is 4.71. The fourth-order valence-electron chi connectivity index (χ4n) is 3.14. The first-order valence-corrected chi connectivity index (χ1v) is 9.73. The number of carbonyl (C=O) groups excluding carboxylic acids is 1. The van der Waals surface area contributed by atoms with Crippen LogP contribution in [0.25, 0.3) is 11.1 Å². The van der Waals surface area contributed by atoms with Crippen LogP contribution in [0, 0.1) is 17.8 Å². The molecule has 0 fully saturated rings. The molecule has 0 saturated heterocycles. The van der Waals surface area contributed by atoms with Crippen molar-refractivity contribution in [2.24, 2.45) is 5.92 Å². The van der Waals surface area contributed by atoms with Crippen molar-refractivity contribution in [3.8, 4) is 23.0 Å². The number of halogens is 3. The maximum absolute atomic E-state index is 13.0. The van der Waals surface area contributed by atoms with Gasteiger partial charge >= 0.3 is 6.18 Å². The van der Waals surface area contributed by atoms with E-state index in [1.54, 1.807) is 42.5 Å². The molecule has 0 aliphatic carbocycles. The Kier molecular flexibility index (Phi) is 7.08. The lowest BCUT2D eigenvalue weighted by Crippen LogP contribution is -2.15. The fourth-order valence-corrected chi connectivity index (χ4v) is 3.14.